The van der Waals surface area contributed by atoms with Crippen LogP contribution in [0.3, 0.4) is 0 Å². The Balaban J connectivity index is 6.49. The van der Waals surface area contributed by atoms with Crippen molar-refractivity contribution in [3.63, 3.8) is 0 Å². The van der Waals surface area contributed by atoms with E-state index in [1.807, 2.05) is 6.92 Å². The lowest BCUT2D eigenvalue weighted by molar-refractivity contribution is -0.155. The van der Waals surface area contributed by atoms with Crippen molar-refractivity contribution in [2.45, 2.75) is 72.4 Å². The molecule has 0 aromatic heterocycles. The van der Waals surface area contributed by atoms with Gasteiger partial charge in [0.15, 0.2) is 11.4 Å². The molecule has 3 atom stereocenters. The molecule has 0 aromatic carbocycles. The van der Waals surface area contributed by atoms with Gasteiger partial charge >= 0.3 is 0 Å². The summed E-state index contributed by atoms with van der Waals surface area (Å²) in [4.78, 5) is 28.7. The molecule has 0 saturated heterocycles. The number of ketones is 2. The van der Waals surface area contributed by atoms with Crippen molar-refractivity contribution >= 4 is 11.6 Å². The average molecular weight is 413 g/mol. The van der Waals surface area contributed by atoms with E-state index >= 15 is 0 Å². The van der Waals surface area contributed by atoms with E-state index < -0.39 is 29.1 Å². The molecular weight excluding hydrogens is 372 g/mol. The molecule has 0 heterocycles. The molecular formula is C22H40N2O5. The van der Waals surface area contributed by atoms with Gasteiger partial charge in [0.25, 0.3) is 0 Å². The number of hydrogen-bond acceptors (Lipinski definition) is 7. The van der Waals surface area contributed by atoms with Gasteiger partial charge in [-0.15, -0.1) is 0 Å². The Morgan fingerprint density at radius 1 is 1.14 bits per heavy atom. The quantitative estimate of drug-likeness (QED) is 0.121. The number of hydroxylamine groups is 1. The molecule has 0 aromatic rings. The highest BCUT2D eigenvalue weighted by Gasteiger charge is 2.49. The lowest BCUT2D eigenvalue weighted by Gasteiger charge is -2.35. The zero-order chi connectivity index (χ0) is 22.9. The lowest BCUT2D eigenvalue weighted by Crippen LogP contribution is -2.56. The minimum atomic E-state index is -2.30. The van der Waals surface area contributed by atoms with Crippen molar-refractivity contribution in [3.8, 4) is 0 Å². The maximum atomic E-state index is 13.5. The Hall–Kier alpha value is -1.54. The Bertz CT molecular complexity index is 625. The molecule has 0 spiro atoms. The summed E-state index contributed by atoms with van der Waals surface area (Å²) < 4.78 is 0. The number of aliphatic hydroxyl groups excluding tert-OH is 1. The standard InChI is InChI=1S/C22H40N2O5/c1-9-16(10-2)19(25)17(11-3)20(26)22(28,12-13-24(7)8)21(27)18(14(4)5)15(6)23-29/h9,14-15,18,23,25,28-29H,10-13H2,1-8H3/b16-9-,19-17?/t15?,18?,22-/m0/s1. The zero-order valence-electron chi connectivity index (χ0n) is 19.2. The summed E-state index contributed by atoms with van der Waals surface area (Å²) in [7, 11) is 3.58. The highest BCUT2D eigenvalue weighted by Crippen LogP contribution is 2.31. The molecule has 0 aliphatic rings. The van der Waals surface area contributed by atoms with Gasteiger partial charge in [-0.05, 0) is 52.3 Å². The normalized spacial score (nSPS) is 17.7. The summed E-state index contributed by atoms with van der Waals surface area (Å²) in [6.07, 6.45) is 2.31. The van der Waals surface area contributed by atoms with Gasteiger partial charge in [-0.1, -0.05) is 33.8 Å². The third-order valence-corrected chi connectivity index (χ3v) is 5.41. The number of aliphatic hydroxyl groups is 2. The summed E-state index contributed by atoms with van der Waals surface area (Å²) in [5.41, 5.74) is 0.416. The molecule has 4 N–H and O–H groups in total. The van der Waals surface area contributed by atoms with Crippen molar-refractivity contribution in [1.82, 2.24) is 10.4 Å². The Morgan fingerprint density at radius 3 is 2.03 bits per heavy atom. The van der Waals surface area contributed by atoms with Gasteiger partial charge < -0.3 is 20.3 Å². The molecule has 0 aliphatic carbocycles. The Morgan fingerprint density at radius 2 is 1.69 bits per heavy atom. The summed E-state index contributed by atoms with van der Waals surface area (Å²) in [6.45, 7) is 10.9. The first-order valence-electron chi connectivity index (χ1n) is 10.4. The molecule has 0 saturated carbocycles. The Labute approximate surface area is 175 Å². The van der Waals surface area contributed by atoms with Crippen molar-refractivity contribution in [3.05, 3.63) is 23.0 Å². The van der Waals surface area contributed by atoms with E-state index in [9.17, 15) is 25.0 Å². The predicted octanol–water partition coefficient (Wildman–Crippen LogP) is 3.03. The monoisotopic (exact) mass is 412 g/mol. The van der Waals surface area contributed by atoms with E-state index in [-0.39, 0.29) is 30.1 Å². The second-order valence-corrected chi connectivity index (χ2v) is 8.14. The highest BCUT2D eigenvalue weighted by molar-refractivity contribution is 6.18. The summed E-state index contributed by atoms with van der Waals surface area (Å²) in [5.74, 6) is -2.60. The van der Waals surface area contributed by atoms with Crippen molar-refractivity contribution in [2.24, 2.45) is 11.8 Å². The molecule has 29 heavy (non-hydrogen) atoms. The van der Waals surface area contributed by atoms with Crippen LogP contribution in [0.4, 0.5) is 0 Å². The Kier molecular flexibility index (Phi) is 11.6. The highest BCUT2D eigenvalue weighted by atomic mass is 16.5. The zero-order valence-corrected chi connectivity index (χ0v) is 19.2. The van der Waals surface area contributed by atoms with Crippen molar-refractivity contribution in [2.75, 3.05) is 20.6 Å². The van der Waals surface area contributed by atoms with Gasteiger partial charge in [-0.2, -0.15) is 0 Å². The van der Waals surface area contributed by atoms with E-state index in [1.165, 1.54) is 0 Å². The lowest BCUT2D eigenvalue weighted by atomic mass is 9.73. The fraction of sp³-hybridized carbons (Fsp3) is 0.727. The van der Waals surface area contributed by atoms with Gasteiger partial charge in [-0.3, -0.25) is 9.59 Å². The SMILES string of the molecule is C/C=C(/CC)C(O)=C(CC)C(=O)[C@@](O)(CCN(C)C)C(=O)C(C(C)C)C(C)NO. The van der Waals surface area contributed by atoms with Gasteiger partial charge in [0.1, 0.15) is 5.76 Å². The first kappa shape index (κ1) is 27.5. The van der Waals surface area contributed by atoms with E-state index in [4.69, 9.17) is 0 Å². The molecule has 168 valence electrons. The summed E-state index contributed by atoms with van der Waals surface area (Å²) in [6, 6.07) is -0.648. The van der Waals surface area contributed by atoms with Crippen LogP contribution in [0.2, 0.25) is 0 Å². The number of hydrogen-bond donors (Lipinski definition) is 4. The molecule has 0 aliphatic heterocycles. The van der Waals surface area contributed by atoms with E-state index in [1.54, 1.807) is 59.7 Å². The molecule has 0 fully saturated rings. The van der Waals surface area contributed by atoms with E-state index in [0.29, 0.717) is 18.5 Å². The molecule has 2 unspecified atom stereocenters. The number of carbonyl (C=O) groups is 2. The van der Waals surface area contributed by atoms with Crippen LogP contribution in [0.25, 0.3) is 0 Å². The van der Waals surface area contributed by atoms with Crippen molar-refractivity contribution < 1.29 is 25.0 Å². The number of carbonyl (C=O) groups excluding carboxylic acids is 2. The van der Waals surface area contributed by atoms with Crippen LogP contribution in [-0.4, -0.2) is 64.2 Å². The number of Topliss-reactive ketones (excluding diaryl/α,β-unsaturated/α-hetero) is 2. The second kappa shape index (κ2) is 12.2. The molecule has 0 radical (unpaired) electrons. The minimum Gasteiger partial charge on any atom is -0.507 e. The van der Waals surface area contributed by atoms with Gasteiger partial charge in [0.05, 0.1) is 0 Å². The first-order chi connectivity index (χ1) is 13.4. The van der Waals surface area contributed by atoms with E-state index in [0.717, 1.165) is 0 Å². The van der Waals surface area contributed by atoms with Crippen LogP contribution in [0.1, 0.15) is 60.8 Å². The van der Waals surface area contributed by atoms with Crippen LogP contribution >= 0.6 is 0 Å². The average Bonchev–Trinajstić information content (AvgIpc) is 2.66. The predicted molar refractivity (Wildman–Crippen MR) is 115 cm³/mol. The van der Waals surface area contributed by atoms with Gasteiger partial charge in [0, 0.05) is 30.5 Å². The summed E-state index contributed by atoms with van der Waals surface area (Å²) >= 11 is 0. The van der Waals surface area contributed by atoms with E-state index in [2.05, 4.69) is 5.48 Å². The van der Waals surface area contributed by atoms with Crippen LogP contribution in [-0.2, 0) is 9.59 Å². The smallest absolute Gasteiger partial charge is 0.201 e. The van der Waals surface area contributed by atoms with Crippen LogP contribution in [0.15, 0.2) is 23.0 Å². The molecule has 0 bridgehead atoms. The number of nitrogens with zero attached hydrogens (tertiary/aromatic N) is 1. The molecule has 7 nitrogen and oxygen atoms in total. The summed E-state index contributed by atoms with van der Waals surface area (Å²) in [5, 5.41) is 31.5. The second-order valence-electron chi connectivity index (χ2n) is 8.14. The van der Waals surface area contributed by atoms with Crippen LogP contribution in [0.5, 0.6) is 0 Å². The minimum absolute atomic E-state index is 0.0432. The van der Waals surface area contributed by atoms with Gasteiger partial charge in [-0.25, -0.2) is 5.48 Å². The molecule has 7 heteroatoms. The fourth-order valence-electron chi connectivity index (χ4n) is 3.58. The maximum Gasteiger partial charge on any atom is 0.201 e. The third-order valence-electron chi connectivity index (χ3n) is 5.41. The van der Waals surface area contributed by atoms with Crippen molar-refractivity contribution in [1.29, 1.82) is 0 Å². The number of nitrogens with one attached hydrogen (secondary N) is 1. The molecule has 0 rings (SSSR count). The first-order valence-corrected chi connectivity index (χ1v) is 10.4. The largest absolute Gasteiger partial charge is 0.507 e. The van der Waals surface area contributed by atoms with Crippen LogP contribution < -0.4 is 5.48 Å². The maximum absolute atomic E-state index is 13.5. The van der Waals surface area contributed by atoms with Gasteiger partial charge in [0.2, 0.25) is 5.78 Å². The fourth-order valence-corrected chi connectivity index (χ4v) is 3.58. The number of rotatable bonds is 13. The number of allylic oxidation sites excluding steroid dienone is 2. The third kappa shape index (κ3) is 6.74. The molecule has 0 amide bonds. The topological polar surface area (TPSA) is 110 Å². The van der Waals surface area contributed by atoms with Crippen LogP contribution in [0, 0.1) is 11.8 Å².